The minimum Gasteiger partial charge on any atom is -0.444 e. The van der Waals surface area contributed by atoms with Gasteiger partial charge in [-0.25, -0.2) is 14.6 Å². The average Bonchev–Trinajstić information content (AvgIpc) is 2.84. The molecule has 0 fully saturated rings. The van der Waals surface area contributed by atoms with E-state index < -0.39 is 17.7 Å². The van der Waals surface area contributed by atoms with Gasteiger partial charge in [0, 0.05) is 17.9 Å². The summed E-state index contributed by atoms with van der Waals surface area (Å²) in [7, 11) is 3.99. The van der Waals surface area contributed by atoms with Crippen LogP contribution in [0.1, 0.15) is 26.3 Å². The average molecular weight is 545 g/mol. The second kappa shape index (κ2) is 13.3. The molecule has 0 bridgehead atoms. The summed E-state index contributed by atoms with van der Waals surface area (Å²) in [6.07, 6.45) is -0.527. The van der Waals surface area contributed by atoms with Crippen molar-refractivity contribution in [3.05, 3.63) is 78.4 Å². The van der Waals surface area contributed by atoms with Crippen LogP contribution in [0.3, 0.4) is 0 Å². The molecule has 0 aliphatic carbocycles. The molecule has 3 aromatic rings. The van der Waals surface area contributed by atoms with Crippen LogP contribution in [0, 0.1) is 0 Å². The Morgan fingerprint density at radius 3 is 2.17 bits per heavy atom. The fourth-order valence-corrected chi connectivity index (χ4v) is 3.57. The molecule has 0 atom stereocenters. The van der Waals surface area contributed by atoms with Crippen molar-refractivity contribution in [3.8, 4) is 11.1 Å². The summed E-state index contributed by atoms with van der Waals surface area (Å²) >= 11 is 0. The highest BCUT2D eigenvalue weighted by Crippen LogP contribution is 2.24. The number of anilines is 2. The molecule has 210 valence electrons. The van der Waals surface area contributed by atoms with Gasteiger partial charge in [0.2, 0.25) is 11.9 Å². The van der Waals surface area contributed by atoms with E-state index in [1.807, 2.05) is 68.7 Å². The maximum Gasteiger partial charge on any atom is 0.412 e. The summed E-state index contributed by atoms with van der Waals surface area (Å²) < 4.78 is 5.30. The molecule has 11 nitrogen and oxygen atoms in total. The predicted molar refractivity (Wildman–Crippen MR) is 161 cm³/mol. The molecule has 3 rings (SSSR count). The SMILES string of the molecule is CN(C)Cc1ccc(N=C(N)/N=C(/N)NC(=O)Nc2ccc(-c3cccc(NC(=O)OC(C)(C)C)c3)cc2)cc1. The number of aliphatic imine (C=N–C) groups is 2. The maximum absolute atomic E-state index is 12.4. The highest BCUT2D eigenvalue weighted by atomic mass is 16.6. The van der Waals surface area contributed by atoms with Crippen LogP contribution in [-0.2, 0) is 11.3 Å². The second-order valence-electron chi connectivity index (χ2n) is 10.2. The fourth-order valence-electron chi connectivity index (χ4n) is 3.57. The smallest absolute Gasteiger partial charge is 0.412 e. The Balaban J connectivity index is 1.56. The topological polar surface area (TPSA) is 159 Å². The molecular weight excluding hydrogens is 508 g/mol. The van der Waals surface area contributed by atoms with Crippen molar-refractivity contribution in [2.24, 2.45) is 21.5 Å². The monoisotopic (exact) mass is 544 g/mol. The number of amides is 3. The van der Waals surface area contributed by atoms with Gasteiger partial charge in [-0.3, -0.25) is 10.6 Å². The zero-order valence-electron chi connectivity index (χ0n) is 23.4. The van der Waals surface area contributed by atoms with E-state index in [1.54, 1.807) is 39.0 Å². The molecule has 0 spiro atoms. The number of urea groups is 1. The first-order valence-electron chi connectivity index (χ1n) is 12.6. The van der Waals surface area contributed by atoms with Gasteiger partial charge < -0.3 is 26.4 Å². The van der Waals surface area contributed by atoms with Crippen LogP contribution in [-0.4, -0.2) is 48.6 Å². The summed E-state index contributed by atoms with van der Waals surface area (Å²) in [5.74, 6) is -0.292. The number of rotatable bonds is 6. The molecule has 0 aliphatic rings. The van der Waals surface area contributed by atoms with Gasteiger partial charge in [0.1, 0.15) is 5.60 Å². The molecule has 0 radical (unpaired) electrons. The summed E-state index contributed by atoms with van der Waals surface area (Å²) in [4.78, 5) is 34.6. The Labute approximate surface area is 234 Å². The Morgan fingerprint density at radius 2 is 1.55 bits per heavy atom. The quantitative estimate of drug-likeness (QED) is 0.220. The van der Waals surface area contributed by atoms with E-state index in [4.69, 9.17) is 16.2 Å². The van der Waals surface area contributed by atoms with Gasteiger partial charge in [-0.1, -0.05) is 36.4 Å². The number of hydrogen-bond donors (Lipinski definition) is 5. The number of carbonyl (C=O) groups is 2. The van der Waals surface area contributed by atoms with Crippen molar-refractivity contribution in [3.63, 3.8) is 0 Å². The molecule has 0 aliphatic heterocycles. The van der Waals surface area contributed by atoms with Crippen LogP contribution in [0.5, 0.6) is 0 Å². The van der Waals surface area contributed by atoms with Crippen molar-refractivity contribution in [1.29, 1.82) is 0 Å². The zero-order chi connectivity index (χ0) is 29.3. The van der Waals surface area contributed by atoms with Gasteiger partial charge in [-0.2, -0.15) is 4.99 Å². The largest absolute Gasteiger partial charge is 0.444 e. The van der Waals surface area contributed by atoms with Gasteiger partial charge in [0.15, 0.2) is 0 Å². The van der Waals surface area contributed by atoms with Crippen LogP contribution in [0.15, 0.2) is 82.8 Å². The molecule has 0 unspecified atom stereocenters. The minimum absolute atomic E-state index is 0.0918. The first-order valence-corrected chi connectivity index (χ1v) is 12.6. The molecule has 0 aromatic heterocycles. The maximum atomic E-state index is 12.4. The molecule has 7 N–H and O–H groups in total. The first kappa shape index (κ1) is 29.7. The van der Waals surface area contributed by atoms with Gasteiger partial charge in [-0.15, -0.1) is 0 Å². The number of guanidine groups is 2. The Bertz CT molecular complexity index is 1380. The summed E-state index contributed by atoms with van der Waals surface area (Å²) in [5, 5.41) is 7.84. The highest BCUT2D eigenvalue weighted by Gasteiger charge is 2.16. The third-order valence-electron chi connectivity index (χ3n) is 5.14. The van der Waals surface area contributed by atoms with E-state index in [0.29, 0.717) is 17.1 Å². The Kier molecular flexibility index (Phi) is 9.82. The highest BCUT2D eigenvalue weighted by molar-refractivity contribution is 6.05. The normalized spacial score (nSPS) is 12.2. The molecule has 40 heavy (non-hydrogen) atoms. The third-order valence-corrected chi connectivity index (χ3v) is 5.14. The number of nitrogens with two attached hydrogens (primary N) is 2. The van der Waals surface area contributed by atoms with Crippen LogP contribution in [0.25, 0.3) is 11.1 Å². The first-order chi connectivity index (χ1) is 18.9. The molecule has 0 heterocycles. The molecule has 0 saturated heterocycles. The van der Waals surface area contributed by atoms with E-state index in [-0.39, 0.29) is 11.9 Å². The number of hydrogen-bond acceptors (Lipinski definition) is 5. The van der Waals surface area contributed by atoms with Crippen LogP contribution < -0.4 is 27.4 Å². The minimum atomic E-state index is -0.591. The van der Waals surface area contributed by atoms with Gasteiger partial charge in [-0.05, 0) is 88.0 Å². The zero-order valence-corrected chi connectivity index (χ0v) is 23.4. The fraction of sp³-hybridized carbons (Fsp3) is 0.241. The van der Waals surface area contributed by atoms with E-state index in [2.05, 4.69) is 30.8 Å². The summed E-state index contributed by atoms with van der Waals surface area (Å²) in [5.41, 5.74) is 15.8. The number of benzene rings is 3. The number of nitrogens with one attached hydrogen (secondary N) is 3. The lowest BCUT2D eigenvalue weighted by Crippen LogP contribution is -2.40. The second-order valence-corrected chi connectivity index (χ2v) is 10.2. The van der Waals surface area contributed by atoms with Crippen molar-refractivity contribution >= 4 is 41.1 Å². The van der Waals surface area contributed by atoms with E-state index in [1.165, 1.54) is 0 Å². The standard InChI is InChI=1S/C29H36N8O3/c1-29(2,3)40-28(39)34-24-8-6-7-21(17-24)20-11-15-23(16-12-20)33-27(38)36-26(31)35-25(30)32-22-13-9-19(10-14-22)18-37(4)5/h6-17H,18H2,1-5H3,(H,34,39)(H6,30,31,32,33,35,36,38). The number of ether oxygens (including phenoxy) is 1. The van der Waals surface area contributed by atoms with E-state index in [0.717, 1.165) is 23.2 Å². The van der Waals surface area contributed by atoms with Crippen LogP contribution in [0.4, 0.5) is 26.7 Å². The molecule has 0 saturated carbocycles. The third kappa shape index (κ3) is 10.1. The Hall–Kier alpha value is -4.90. The lowest BCUT2D eigenvalue weighted by Gasteiger charge is -2.19. The van der Waals surface area contributed by atoms with Crippen molar-refractivity contribution in [1.82, 2.24) is 10.2 Å². The van der Waals surface area contributed by atoms with Crippen LogP contribution in [0.2, 0.25) is 0 Å². The molecular formula is C29H36N8O3. The van der Waals surface area contributed by atoms with E-state index >= 15 is 0 Å². The Morgan fingerprint density at radius 1 is 0.875 bits per heavy atom. The lowest BCUT2D eigenvalue weighted by molar-refractivity contribution is 0.0636. The number of nitrogens with zero attached hydrogens (tertiary/aromatic N) is 3. The van der Waals surface area contributed by atoms with Crippen molar-refractivity contribution in [2.75, 3.05) is 24.7 Å². The molecule has 11 heteroatoms. The predicted octanol–water partition coefficient (Wildman–Crippen LogP) is 4.84. The van der Waals surface area contributed by atoms with Gasteiger partial charge in [0.05, 0.1) is 5.69 Å². The van der Waals surface area contributed by atoms with Crippen LogP contribution >= 0.6 is 0 Å². The van der Waals surface area contributed by atoms with Gasteiger partial charge >= 0.3 is 12.1 Å². The summed E-state index contributed by atoms with van der Waals surface area (Å²) in [6.45, 7) is 6.22. The molecule has 3 amide bonds. The van der Waals surface area contributed by atoms with E-state index in [9.17, 15) is 9.59 Å². The van der Waals surface area contributed by atoms with Crippen molar-refractivity contribution in [2.45, 2.75) is 32.9 Å². The molecule has 3 aromatic carbocycles. The lowest BCUT2D eigenvalue weighted by atomic mass is 10.0. The summed E-state index contributed by atoms with van der Waals surface area (Å²) in [6, 6.07) is 21.5. The van der Waals surface area contributed by atoms with Gasteiger partial charge in [0.25, 0.3) is 0 Å². The van der Waals surface area contributed by atoms with Crippen molar-refractivity contribution < 1.29 is 14.3 Å². The number of carbonyl (C=O) groups excluding carboxylic acids is 2.